The molecule has 6 heteroatoms. The van der Waals surface area contributed by atoms with Gasteiger partial charge in [-0.3, -0.25) is 0 Å². The number of fused-ring (bicyclic) bond motifs is 1. The summed E-state index contributed by atoms with van der Waals surface area (Å²) in [5.74, 6) is -0.401. The highest BCUT2D eigenvalue weighted by Crippen LogP contribution is 2.46. The molecule has 27 heavy (non-hydrogen) atoms. The molecule has 3 rings (SSSR count). The van der Waals surface area contributed by atoms with E-state index in [-0.39, 0.29) is 23.4 Å². The first-order chi connectivity index (χ1) is 12.7. The molecule has 2 fully saturated rings. The maximum Gasteiger partial charge on any atom is 0.192 e. The first-order valence-electron chi connectivity index (χ1n) is 10.5. The van der Waals surface area contributed by atoms with Crippen LogP contribution in [0, 0.1) is 0 Å². The topological polar surface area (TPSA) is 46.2 Å². The van der Waals surface area contributed by atoms with Crippen LogP contribution < -0.4 is 0 Å². The lowest BCUT2D eigenvalue weighted by molar-refractivity contribution is -0.197. The van der Waals surface area contributed by atoms with E-state index in [1.807, 2.05) is 0 Å². The fourth-order valence-electron chi connectivity index (χ4n) is 4.10. The summed E-state index contributed by atoms with van der Waals surface area (Å²) in [4.78, 5) is 0. The first kappa shape index (κ1) is 21.5. The molecule has 3 atom stereocenters. The lowest BCUT2D eigenvalue weighted by Gasteiger charge is -2.42. The number of hydrogen-bond acceptors (Lipinski definition) is 5. The first-order valence-corrected chi connectivity index (χ1v) is 13.4. The minimum atomic E-state index is -1.91. The Hall–Kier alpha value is -0.243. The zero-order valence-corrected chi connectivity index (χ0v) is 19.0. The number of hydrogen-bond donors (Lipinski definition) is 0. The molecule has 1 spiro atoms. The summed E-state index contributed by atoms with van der Waals surface area (Å²) in [5.41, 5.74) is 1.23. The van der Waals surface area contributed by atoms with Crippen LogP contribution in [0.4, 0.5) is 0 Å². The molecule has 0 aromatic carbocycles. The monoisotopic (exact) mass is 398 g/mol. The van der Waals surface area contributed by atoms with Crippen molar-refractivity contribution < 1.29 is 23.4 Å². The van der Waals surface area contributed by atoms with Gasteiger partial charge >= 0.3 is 0 Å². The summed E-state index contributed by atoms with van der Waals surface area (Å²) < 4.78 is 30.6. The van der Waals surface area contributed by atoms with Gasteiger partial charge in [-0.1, -0.05) is 33.3 Å². The Bertz CT molecular complexity index is 533. The summed E-state index contributed by atoms with van der Waals surface area (Å²) in [6.45, 7) is 12.3. The maximum atomic E-state index is 6.83. The molecule has 0 aromatic rings. The van der Waals surface area contributed by atoms with Gasteiger partial charge in [0.15, 0.2) is 14.1 Å². The van der Waals surface area contributed by atoms with Gasteiger partial charge in [0.1, 0.15) is 19.0 Å². The zero-order chi connectivity index (χ0) is 19.7. The summed E-state index contributed by atoms with van der Waals surface area (Å²) in [6.07, 6.45) is 8.68. The van der Waals surface area contributed by atoms with Crippen LogP contribution in [-0.2, 0) is 23.4 Å². The average Bonchev–Trinajstić information content (AvgIpc) is 2.92. The smallest absolute Gasteiger partial charge is 0.192 e. The van der Waals surface area contributed by atoms with E-state index in [9.17, 15) is 0 Å². The van der Waals surface area contributed by atoms with Crippen molar-refractivity contribution in [3.63, 3.8) is 0 Å². The Kier molecular flexibility index (Phi) is 6.55. The minimum absolute atomic E-state index is 0.0107. The molecule has 0 unspecified atom stereocenters. The second-order valence-corrected chi connectivity index (χ2v) is 14.6. The molecular weight excluding hydrogens is 360 g/mol. The molecule has 0 radical (unpaired) electrons. The van der Waals surface area contributed by atoms with Gasteiger partial charge in [0.2, 0.25) is 0 Å². The van der Waals surface area contributed by atoms with E-state index >= 15 is 0 Å². The van der Waals surface area contributed by atoms with Gasteiger partial charge in [0.25, 0.3) is 0 Å². The van der Waals surface area contributed by atoms with Crippen LogP contribution in [0.15, 0.2) is 11.6 Å². The van der Waals surface area contributed by atoms with Gasteiger partial charge < -0.3 is 23.4 Å². The quantitative estimate of drug-likeness (QED) is 0.279. The van der Waals surface area contributed by atoms with Crippen molar-refractivity contribution in [1.82, 2.24) is 0 Å². The van der Waals surface area contributed by atoms with E-state index in [4.69, 9.17) is 23.4 Å². The third-order valence-electron chi connectivity index (χ3n) is 6.61. The summed E-state index contributed by atoms with van der Waals surface area (Å²) in [7, 11) is -0.261. The van der Waals surface area contributed by atoms with Gasteiger partial charge in [-0.15, -0.1) is 0 Å². The maximum absolute atomic E-state index is 6.83. The highest BCUT2D eigenvalue weighted by Gasteiger charge is 2.53. The Morgan fingerprint density at radius 2 is 1.85 bits per heavy atom. The molecule has 0 bridgehead atoms. The molecule has 0 N–H and O–H groups in total. The van der Waals surface area contributed by atoms with Crippen LogP contribution in [0.3, 0.4) is 0 Å². The second kappa shape index (κ2) is 8.25. The Morgan fingerprint density at radius 1 is 1.15 bits per heavy atom. The van der Waals surface area contributed by atoms with E-state index in [0.717, 1.165) is 19.3 Å². The van der Waals surface area contributed by atoms with Crippen LogP contribution >= 0.6 is 0 Å². The number of methoxy groups -OCH3 is 1. The van der Waals surface area contributed by atoms with E-state index in [1.54, 1.807) is 7.11 Å². The van der Waals surface area contributed by atoms with E-state index in [1.165, 1.54) is 24.8 Å². The summed E-state index contributed by atoms with van der Waals surface area (Å²) >= 11 is 0. The summed E-state index contributed by atoms with van der Waals surface area (Å²) in [6, 6.07) is 0. The highest BCUT2D eigenvalue weighted by atomic mass is 28.4. The van der Waals surface area contributed by atoms with Gasteiger partial charge in [-0.05, 0) is 43.0 Å². The second-order valence-electron chi connectivity index (χ2n) is 9.84. The molecule has 2 aliphatic carbocycles. The molecule has 1 heterocycles. The van der Waals surface area contributed by atoms with Crippen molar-refractivity contribution in [2.24, 2.45) is 0 Å². The van der Waals surface area contributed by atoms with Gasteiger partial charge in [-0.25, -0.2) is 0 Å². The van der Waals surface area contributed by atoms with Gasteiger partial charge in [0.05, 0.1) is 12.7 Å². The van der Waals surface area contributed by atoms with Crippen molar-refractivity contribution in [1.29, 1.82) is 0 Å². The SMILES string of the molecule is COCOCC1=C[C@@H]2OC3(CCCCC3)O[C@@H]2[C@H](O[Si](C)(C)C(C)(C)C)C1. The zero-order valence-electron chi connectivity index (χ0n) is 18.0. The van der Waals surface area contributed by atoms with E-state index < -0.39 is 14.1 Å². The molecule has 1 aliphatic heterocycles. The van der Waals surface area contributed by atoms with E-state index in [2.05, 4.69) is 39.9 Å². The van der Waals surface area contributed by atoms with Crippen molar-refractivity contribution in [2.75, 3.05) is 20.5 Å². The lowest BCUT2D eigenvalue weighted by Crippen LogP contribution is -2.50. The standard InChI is InChI=1S/C21H38O5Si/c1-20(2,3)27(5,6)26-18-13-16(14-23-15-22-4)12-17-19(18)25-21(24-17)10-8-7-9-11-21/h12,17-19H,7-11,13-15H2,1-6H3/t17-,18+,19-/m0/s1. The molecule has 5 nitrogen and oxygen atoms in total. The highest BCUT2D eigenvalue weighted by molar-refractivity contribution is 6.74. The van der Waals surface area contributed by atoms with E-state index in [0.29, 0.717) is 13.4 Å². The molecular formula is C21H38O5Si. The normalized spacial score (nSPS) is 31.0. The third-order valence-corrected chi connectivity index (χ3v) is 11.1. The average molecular weight is 399 g/mol. The molecule has 3 aliphatic rings. The molecule has 0 amide bonds. The Balaban J connectivity index is 1.78. The Labute approximate surface area is 165 Å². The van der Waals surface area contributed by atoms with Crippen LogP contribution in [-0.4, -0.2) is 52.9 Å². The van der Waals surface area contributed by atoms with Gasteiger partial charge in [-0.2, -0.15) is 0 Å². The molecule has 156 valence electrons. The molecule has 1 saturated carbocycles. The predicted octanol–water partition coefficient (Wildman–Crippen LogP) is 4.77. The summed E-state index contributed by atoms with van der Waals surface area (Å²) in [5, 5.41) is 0.165. The van der Waals surface area contributed by atoms with Crippen molar-refractivity contribution >= 4 is 8.32 Å². The van der Waals surface area contributed by atoms with Crippen LogP contribution in [0.5, 0.6) is 0 Å². The Morgan fingerprint density at radius 3 is 2.48 bits per heavy atom. The largest absolute Gasteiger partial charge is 0.411 e. The molecule has 0 aromatic heterocycles. The van der Waals surface area contributed by atoms with Crippen LogP contribution in [0.1, 0.15) is 59.3 Å². The number of rotatable bonds is 6. The predicted molar refractivity (Wildman–Crippen MR) is 108 cm³/mol. The number of ether oxygens (including phenoxy) is 4. The fourth-order valence-corrected chi connectivity index (χ4v) is 5.43. The minimum Gasteiger partial charge on any atom is -0.411 e. The third kappa shape index (κ3) is 4.85. The molecule has 1 saturated heterocycles. The van der Waals surface area contributed by atoms with Crippen molar-refractivity contribution in [2.45, 2.75) is 102 Å². The lowest BCUT2D eigenvalue weighted by atomic mass is 9.93. The van der Waals surface area contributed by atoms with Gasteiger partial charge in [0, 0.05) is 20.0 Å². The van der Waals surface area contributed by atoms with Crippen molar-refractivity contribution in [3.05, 3.63) is 11.6 Å². The van der Waals surface area contributed by atoms with Crippen molar-refractivity contribution in [3.8, 4) is 0 Å². The van der Waals surface area contributed by atoms with Crippen LogP contribution in [0.25, 0.3) is 0 Å². The fraction of sp³-hybridized carbons (Fsp3) is 0.905. The van der Waals surface area contributed by atoms with Crippen LogP contribution in [0.2, 0.25) is 18.1 Å².